The molecule has 1 amide bonds. The highest BCUT2D eigenvalue weighted by molar-refractivity contribution is 7.91. The van der Waals surface area contributed by atoms with Crippen LogP contribution in [0.15, 0.2) is 71.9 Å². The van der Waals surface area contributed by atoms with E-state index in [-0.39, 0.29) is 11.4 Å². The number of hydrogen-bond acceptors (Lipinski definition) is 6. The molecule has 0 saturated heterocycles. The summed E-state index contributed by atoms with van der Waals surface area (Å²) in [6.07, 6.45) is 3.03. The molecular formula is C22H21ClN2O5S. The highest BCUT2D eigenvalue weighted by Crippen LogP contribution is 2.30. The minimum atomic E-state index is -3.83. The first-order valence-electron chi connectivity index (χ1n) is 9.26. The summed E-state index contributed by atoms with van der Waals surface area (Å²) in [7, 11) is -0.864. The van der Waals surface area contributed by atoms with Gasteiger partial charge in [-0.2, -0.15) is 0 Å². The molecule has 3 aromatic rings. The summed E-state index contributed by atoms with van der Waals surface area (Å²) in [4.78, 5) is 16.8. The third kappa shape index (κ3) is 5.15. The molecule has 0 aliphatic rings. The number of methoxy groups -OCH3 is 2. The average Bonchev–Trinajstić information content (AvgIpc) is 2.79. The molecule has 3 rings (SSSR count). The molecule has 0 fully saturated rings. The Morgan fingerprint density at radius 3 is 2.39 bits per heavy atom. The van der Waals surface area contributed by atoms with Crippen molar-refractivity contribution in [2.24, 2.45) is 0 Å². The van der Waals surface area contributed by atoms with Crippen molar-refractivity contribution < 1.29 is 22.7 Å². The first-order valence-corrected chi connectivity index (χ1v) is 11.2. The van der Waals surface area contributed by atoms with E-state index in [1.807, 2.05) is 0 Å². The quantitative estimate of drug-likeness (QED) is 0.550. The number of rotatable bonds is 8. The lowest BCUT2D eigenvalue weighted by atomic mass is 10.1. The molecule has 0 unspecified atom stereocenters. The van der Waals surface area contributed by atoms with E-state index in [0.717, 1.165) is 0 Å². The number of halogens is 1. The van der Waals surface area contributed by atoms with Gasteiger partial charge in [0.15, 0.2) is 21.3 Å². The zero-order valence-electron chi connectivity index (χ0n) is 16.9. The molecule has 0 aliphatic carbocycles. The van der Waals surface area contributed by atoms with Crippen LogP contribution in [0, 0.1) is 0 Å². The predicted molar refractivity (Wildman–Crippen MR) is 117 cm³/mol. The maximum Gasteiger partial charge on any atom is 0.251 e. The molecule has 1 N–H and O–H groups in total. The zero-order chi connectivity index (χ0) is 22.4. The maximum absolute atomic E-state index is 13.3. The largest absolute Gasteiger partial charge is 0.493 e. The van der Waals surface area contributed by atoms with E-state index in [2.05, 4.69) is 10.3 Å². The van der Waals surface area contributed by atoms with Crippen LogP contribution in [-0.2, 0) is 9.84 Å². The molecule has 0 spiro atoms. The van der Waals surface area contributed by atoms with Crippen LogP contribution >= 0.6 is 11.6 Å². The van der Waals surface area contributed by atoms with Crippen molar-refractivity contribution in [3.8, 4) is 11.5 Å². The molecule has 0 saturated carbocycles. The SMILES string of the molecule is COc1ccc(C(=O)NC[C@@H](c2cccnc2)S(=O)(=O)c2ccc(Cl)cc2)cc1OC. The number of pyridine rings is 1. The Kier molecular flexibility index (Phi) is 7.14. The van der Waals surface area contributed by atoms with Crippen LogP contribution in [0.25, 0.3) is 0 Å². The normalized spacial score (nSPS) is 12.1. The van der Waals surface area contributed by atoms with Gasteiger partial charge in [0.1, 0.15) is 5.25 Å². The molecule has 1 atom stereocenters. The fourth-order valence-electron chi connectivity index (χ4n) is 3.03. The van der Waals surface area contributed by atoms with Crippen LogP contribution in [0.3, 0.4) is 0 Å². The first kappa shape index (κ1) is 22.6. The Morgan fingerprint density at radius 1 is 1.06 bits per heavy atom. The Morgan fingerprint density at radius 2 is 1.77 bits per heavy atom. The lowest BCUT2D eigenvalue weighted by Gasteiger charge is -2.19. The molecule has 1 heterocycles. The van der Waals surface area contributed by atoms with E-state index in [4.69, 9.17) is 21.1 Å². The summed E-state index contributed by atoms with van der Waals surface area (Å²) in [5.74, 6) is 0.437. The fourth-order valence-corrected chi connectivity index (χ4v) is 4.80. The number of aromatic nitrogens is 1. The molecule has 0 bridgehead atoms. The van der Waals surface area contributed by atoms with E-state index in [1.165, 1.54) is 50.7 Å². The molecule has 162 valence electrons. The van der Waals surface area contributed by atoms with Crippen LogP contribution in [0.1, 0.15) is 21.2 Å². The van der Waals surface area contributed by atoms with E-state index in [1.54, 1.807) is 30.5 Å². The van der Waals surface area contributed by atoms with Crippen LogP contribution in [0.2, 0.25) is 5.02 Å². The maximum atomic E-state index is 13.3. The van der Waals surface area contributed by atoms with Crippen molar-refractivity contribution in [3.05, 3.63) is 83.1 Å². The second-order valence-electron chi connectivity index (χ2n) is 6.55. The zero-order valence-corrected chi connectivity index (χ0v) is 18.5. The standard InChI is InChI=1S/C22H21ClN2O5S/c1-29-19-10-5-15(12-20(19)30-2)22(26)25-14-21(16-4-3-11-24-13-16)31(27,28)18-8-6-17(23)7-9-18/h3-13,21H,14H2,1-2H3,(H,25,26)/t21-/m0/s1. The molecule has 7 nitrogen and oxygen atoms in total. The number of amides is 1. The Labute approximate surface area is 185 Å². The van der Waals surface area contributed by atoms with Crippen molar-refractivity contribution in [1.29, 1.82) is 0 Å². The minimum Gasteiger partial charge on any atom is -0.493 e. The molecule has 0 aliphatic heterocycles. The van der Waals surface area contributed by atoms with Gasteiger partial charge in [-0.05, 0) is 54.1 Å². The third-order valence-corrected chi connectivity index (χ3v) is 7.04. The van der Waals surface area contributed by atoms with Crippen molar-refractivity contribution in [2.75, 3.05) is 20.8 Å². The summed E-state index contributed by atoms with van der Waals surface area (Å²) >= 11 is 5.89. The first-order chi connectivity index (χ1) is 14.9. The lowest BCUT2D eigenvalue weighted by Crippen LogP contribution is -2.32. The number of carbonyl (C=O) groups excluding carboxylic acids is 1. The van der Waals surface area contributed by atoms with Gasteiger partial charge < -0.3 is 14.8 Å². The number of hydrogen-bond donors (Lipinski definition) is 1. The second kappa shape index (κ2) is 9.80. The molecule has 31 heavy (non-hydrogen) atoms. The number of nitrogens with zero attached hydrogens (tertiary/aromatic N) is 1. The van der Waals surface area contributed by atoms with E-state index in [0.29, 0.717) is 27.6 Å². The van der Waals surface area contributed by atoms with Gasteiger partial charge in [-0.25, -0.2) is 8.42 Å². The summed E-state index contributed by atoms with van der Waals surface area (Å²) in [5.41, 5.74) is 0.775. The second-order valence-corrected chi connectivity index (χ2v) is 9.12. The van der Waals surface area contributed by atoms with Crippen LogP contribution < -0.4 is 14.8 Å². The topological polar surface area (TPSA) is 94.6 Å². The molecule has 0 radical (unpaired) electrons. The van der Waals surface area contributed by atoms with Crippen LogP contribution in [0.4, 0.5) is 0 Å². The summed E-state index contributed by atoms with van der Waals surface area (Å²) in [6, 6.07) is 13.9. The summed E-state index contributed by atoms with van der Waals surface area (Å²) < 4.78 is 37.0. The Bertz CT molecular complexity index is 1150. The van der Waals surface area contributed by atoms with Crippen molar-refractivity contribution in [2.45, 2.75) is 10.1 Å². The van der Waals surface area contributed by atoms with Gasteiger partial charge in [0.2, 0.25) is 0 Å². The third-order valence-electron chi connectivity index (χ3n) is 4.67. The molecule has 1 aromatic heterocycles. The van der Waals surface area contributed by atoms with Crippen LogP contribution in [-0.4, -0.2) is 40.1 Å². The number of carbonyl (C=O) groups is 1. The Hall–Kier alpha value is -3.10. The average molecular weight is 461 g/mol. The van der Waals surface area contributed by atoms with Crippen LogP contribution in [0.5, 0.6) is 11.5 Å². The van der Waals surface area contributed by atoms with Gasteiger partial charge in [-0.1, -0.05) is 17.7 Å². The monoisotopic (exact) mass is 460 g/mol. The molecule has 2 aromatic carbocycles. The lowest BCUT2D eigenvalue weighted by molar-refractivity contribution is 0.0953. The van der Waals surface area contributed by atoms with Crippen molar-refractivity contribution in [1.82, 2.24) is 10.3 Å². The summed E-state index contributed by atoms with van der Waals surface area (Å²) in [6.45, 7) is -0.149. The van der Waals surface area contributed by atoms with Crippen molar-refractivity contribution in [3.63, 3.8) is 0 Å². The summed E-state index contributed by atoms with van der Waals surface area (Å²) in [5, 5.41) is 2.10. The molecular weight excluding hydrogens is 440 g/mol. The highest BCUT2D eigenvalue weighted by atomic mass is 35.5. The van der Waals surface area contributed by atoms with E-state index >= 15 is 0 Å². The number of benzene rings is 2. The van der Waals surface area contributed by atoms with Gasteiger partial charge in [0, 0.05) is 29.5 Å². The van der Waals surface area contributed by atoms with E-state index < -0.39 is 21.0 Å². The van der Waals surface area contributed by atoms with E-state index in [9.17, 15) is 13.2 Å². The Balaban J connectivity index is 1.88. The highest BCUT2D eigenvalue weighted by Gasteiger charge is 2.30. The van der Waals surface area contributed by atoms with Crippen molar-refractivity contribution >= 4 is 27.3 Å². The fraction of sp³-hybridized carbons (Fsp3) is 0.182. The smallest absolute Gasteiger partial charge is 0.251 e. The van der Waals surface area contributed by atoms with Gasteiger partial charge in [0.05, 0.1) is 19.1 Å². The predicted octanol–water partition coefficient (Wildman–Crippen LogP) is 3.70. The molecule has 9 heteroatoms. The number of sulfone groups is 1. The van der Waals surface area contributed by atoms with Gasteiger partial charge >= 0.3 is 0 Å². The minimum absolute atomic E-state index is 0.103. The van der Waals surface area contributed by atoms with Gasteiger partial charge in [-0.15, -0.1) is 0 Å². The van der Waals surface area contributed by atoms with Gasteiger partial charge in [0.25, 0.3) is 5.91 Å². The van der Waals surface area contributed by atoms with Gasteiger partial charge in [-0.3, -0.25) is 9.78 Å². The number of nitrogens with one attached hydrogen (secondary N) is 1. The number of ether oxygens (including phenoxy) is 2.